The third-order valence-corrected chi connectivity index (χ3v) is 7.81. The molecule has 12 heteroatoms. The van der Waals surface area contributed by atoms with Crippen molar-refractivity contribution in [3.63, 3.8) is 0 Å². The Labute approximate surface area is 246 Å². The number of carbonyl (C=O) groups is 1. The van der Waals surface area contributed by atoms with Gasteiger partial charge in [-0.2, -0.15) is 0 Å². The number of benzene rings is 2. The van der Waals surface area contributed by atoms with Gasteiger partial charge in [-0.15, -0.1) is 0 Å². The molecule has 2 aromatic heterocycles. The average Bonchev–Trinajstić information content (AvgIpc) is 3.51. The number of halogens is 1. The fourth-order valence-corrected chi connectivity index (χ4v) is 6.02. The first-order valence-electron chi connectivity index (χ1n) is 12.5. The Hall–Kier alpha value is -4.29. The Bertz CT molecular complexity index is 1900. The maximum atomic E-state index is 13.9. The molecule has 0 unspecified atom stereocenters. The van der Waals surface area contributed by atoms with E-state index in [1.54, 1.807) is 75.4 Å². The number of furan rings is 1. The zero-order valence-electron chi connectivity index (χ0n) is 22.4. The standard InChI is InChI=1S/C29H24BrN3O7S/c1-15(2)39-28(35)25-16(3)31-29-32(26(25)20-13-17(30)9-11-22(20)38-4)27(34)24(41-29)14-18-10-12-23(40-18)19-7-5-6-8-21(19)33(36)37/h5-15,26H,1-4H3/b24-14-/t26-/m0/s1. The van der Waals surface area contributed by atoms with E-state index in [-0.39, 0.29) is 17.4 Å². The molecule has 0 saturated heterocycles. The molecule has 210 valence electrons. The molecule has 0 bridgehead atoms. The van der Waals surface area contributed by atoms with Crippen LogP contribution >= 0.6 is 27.3 Å². The number of para-hydroxylation sites is 1. The van der Waals surface area contributed by atoms with E-state index in [4.69, 9.17) is 13.9 Å². The van der Waals surface area contributed by atoms with Crippen LogP contribution in [0.15, 0.2) is 84.5 Å². The van der Waals surface area contributed by atoms with Crippen molar-refractivity contribution in [2.75, 3.05) is 7.11 Å². The Morgan fingerprint density at radius 2 is 1.98 bits per heavy atom. The molecular weight excluding hydrogens is 614 g/mol. The summed E-state index contributed by atoms with van der Waals surface area (Å²) < 4.78 is 19.6. The van der Waals surface area contributed by atoms with Crippen LogP contribution in [0, 0.1) is 10.1 Å². The summed E-state index contributed by atoms with van der Waals surface area (Å²) in [6, 6.07) is 14.0. The summed E-state index contributed by atoms with van der Waals surface area (Å²) in [6.45, 7) is 5.20. The van der Waals surface area contributed by atoms with Crippen molar-refractivity contribution in [3.8, 4) is 17.1 Å². The molecule has 1 aliphatic rings. The molecular formula is C29H24BrN3O7S. The zero-order valence-corrected chi connectivity index (χ0v) is 24.8. The lowest BCUT2D eigenvalue weighted by Crippen LogP contribution is -2.40. The number of carbonyl (C=O) groups excluding carboxylic acids is 1. The molecule has 4 aromatic rings. The molecule has 41 heavy (non-hydrogen) atoms. The van der Waals surface area contributed by atoms with Crippen LogP contribution < -0.4 is 19.6 Å². The summed E-state index contributed by atoms with van der Waals surface area (Å²) in [5, 5.41) is 11.5. The van der Waals surface area contributed by atoms with Gasteiger partial charge in [0, 0.05) is 22.2 Å². The van der Waals surface area contributed by atoms with Gasteiger partial charge in [0.15, 0.2) is 4.80 Å². The van der Waals surface area contributed by atoms with Gasteiger partial charge in [-0.05, 0) is 57.2 Å². The van der Waals surface area contributed by atoms with Crippen LogP contribution in [0.3, 0.4) is 0 Å². The van der Waals surface area contributed by atoms with E-state index < -0.39 is 22.5 Å². The molecule has 0 radical (unpaired) electrons. The largest absolute Gasteiger partial charge is 0.496 e. The number of hydrogen-bond acceptors (Lipinski definition) is 9. The van der Waals surface area contributed by atoms with Gasteiger partial charge in [0.25, 0.3) is 11.2 Å². The number of allylic oxidation sites excluding steroid dienone is 1. The number of nitrogens with zero attached hydrogens (tertiary/aromatic N) is 3. The minimum absolute atomic E-state index is 0.0907. The number of esters is 1. The topological polar surface area (TPSA) is 126 Å². The number of nitro groups is 1. The highest BCUT2D eigenvalue weighted by Gasteiger charge is 2.35. The minimum Gasteiger partial charge on any atom is -0.496 e. The summed E-state index contributed by atoms with van der Waals surface area (Å²) in [5.41, 5.74) is 1.07. The summed E-state index contributed by atoms with van der Waals surface area (Å²) in [6.07, 6.45) is 1.17. The summed E-state index contributed by atoms with van der Waals surface area (Å²) in [4.78, 5) is 43.3. The Morgan fingerprint density at radius 3 is 2.68 bits per heavy atom. The lowest BCUT2D eigenvalue weighted by atomic mass is 9.95. The molecule has 3 heterocycles. The number of nitro benzene ring substituents is 1. The summed E-state index contributed by atoms with van der Waals surface area (Å²) in [7, 11) is 1.52. The molecule has 0 spiro atoms. The van der Waals surface area contributed by atoms with Crippen molar-refractivity contribution in [1.82, 2.24) is 4.57 Å². The molecule has 1 aliphatic heterocycles. The van der Waals surface area contributed by atoms with Crippen molar-refractivity contribution in [3.05, 3.63) is 111 Å². The van der Waals surface area contributed by atoms with Gasteiger partial charge in [-0.1, -0.05) is 39.4 Å². The number of hydrogen-bond donors (Lipinski definition) is 0. The number of aromatic nitrogens is 1. The zero-order chi connectivity index (χ0) is 29.4. The Morgan fingerprint density at radius 1 is 1.22 bits per heavy atom. The number of ether oxygens (including phenoxy) is 2. The summed E-state index contributed by atoms with van der Waals surface area (Å²) in [5.74, 6) is 0.526. The lowest BCUT2D eigenvalue weighted by molar-refractivity contribution is -0.384. The highest BCUT2D eigenvalue weighted by atomic mass is 79.9. The average molecular weight is 638 g/mol. The van der Waals surface area contributed by atoms with Crippen molar-refractivity contribution < 1.29 is 23.6 Å². The van der Waals surface area contributed by atoms with Crippen molar-refractivity contribution in [2.45, 2.75) is 32.9 Å². The molecule has 1 atom stereocenters. The smallest absolute Gasteiger partial charge is 0.338 e. The third-order valence-electron chi connectivity index (χ3n) is 6.34. The minimum atomic E-state index is -0.869. The third kappa shape index (κ3) is 5.40. The summed E-state index contributed by atoms with van der Waals surface area (Å²) >= 11 is 4.63. The normalized spacial score (nSPS) is 15.1. The van der Waals surface area contributed by atoms with Crippen LogP contribution in [-0.4, -0.2) is 28.7 Å². The van der Waals surface area contributed by atoms with E-state index in [2.05, 4.69) is 20.9 Å². The van der Waals surface area contributed by atoms with E-state index in [1.165, 1.54) is 17.7 Å². The number of thiazole rings is 1. The second-order valence-corrected chi connectivity index (χ2v) is 11.3. The molecule has 0 fully saturated rings. The molecule has 0 saturated carbocycles. The van der Waals surface area contributed by atoms with Gasteiger partial charge in [0.05, 0.1) is 39.5 Å². The van der Waals surface area contributed by atoms with E-state index in [1.807, 2.05) is 0 Å². The van der Waals surface area contributed by atoms with Crippen LogP contribution in [0.25, 0.3) is 17.4 Å². The van der Waals surface area contributed by atoms with Crippen molar-refractivity contribution in [1.29, 1.82) is 0 Å². The molecule has 0 aliphatic carbocycles. The quantitative estimate of drug-likeness (QED) is 0.156. The maximum absolute atomic E-state index is 13.9. The van der Waals surface area contributed by atoms with Gasteiger partial charge in [-0.25, -0.2) is 9.79 Å². The first kappa shape index (κ1) is 28.2. The lowest BCUT2D eigenvalue weighted by Gasteiger charge is -2.26. The van der Waals surface area contributed by atoms with E-state index >= 15 is 0 Å². The number of methoxy groups -OCH3 is 1. The monoisotopic (exact) mass is 637 g/mol. The van der Waals surface area contributed by atoms with Crippen molar-refractivity contribution in [2.24, 2.45) is 4.99 Å². The van der Waals surface area contributed by atoms with Crippen LogP contribution in [0.5, 0.6) is 5.75 Å². The molecule has 5 rings (SSSR count). The van der Waals surface area contributed by atoms with E-state index in [0.29, 0.717) is 43.4 Å². The van der Waals surface area contributed by atoms with Crippen LogP contribution in [0.4, 0.5) is 5.69 Å². The highest BCUT2D eigenvalue weighted by molar-refractivity contribution is 9.10. The molecule has 2 aromatic carbocycles. The van der Waals surface area contributed by atoms with Gasteiger partial charge >= 0.3 is 5.97 Å². The second-order valence-electron chi connectivity index (χ2n) is 9.40. The fourth-order valence-electron chi connectivity index (χ4n) is 4.62. The maximum Gasteiger partial charge on any atom is 0.338 e. The first-order chi connectivity index (χ1) is 19.6. The van der Waals surface area contributed by atoms with Gasteiger partial charge in [0.1, 0.15) is 23.3 Å². The van der Waals surface area contributed by atoms with Gasteiger partial charge in [-0.3, -0.25) is 19.5 Å². The molecule has 0 amide bonds. The molecule has 0 N–H and O–H groups in total. The first-order valence-corrected chi connectivity index (χ1v) is 14.1. The van der Waals surface area contributed by atoms with E-state index in [0.717, 1.165) is 15.8 Å². The second kappa shape index (κ2) is 11.3. The predicted octanol–water partition coefficient (Wildman–Crippen LogP) is 5.13. The highest BCUT2D eigenvalue weighted by Crippen LogP contribution is 2.37. The Kier molecular flexibility index (Phi) is 7.78. The van der Waals surface area contributed by atoms with Crippen LogP contribution in [-0.2, 0) is 9.53 Å². The van der Waals surface area contributed by atoms with E-state index in [9.17, 15) is 19.7 Å². The van der Waals surface area contributed by atoms with Crippen LogP contribution in [0.2, 0.25) is 0 Å². The number of fused-ring (bicyclic) bond motifs is 1. The number of rotatable bonds is 7. The van der Waals surface area contributed by atoms with Gasteiger partial charge < -0.3 is 13.9 Å². The fraction of sp³-hybridized carbons (Fsp3) is 0.207. The molecule has 10 nitrogen and oxygen atoms in total. The SMILES string of the molecule is COc1ccc(Br)cc1[C@H]1C(C(=O)OC(C)C)=C(C)N=c2s/c(=C\c3ccc(-c4ccccc4[N+](=O)[O-])o3)c(=O)n21. The Balaban J connectivity index is 1.68. The van der Waals surface area contributed by atoms with Gasteiger partial charge in [0.2, 0.25) is 0 Å². The van der Waals surface area contributed by atoms with Crippen LogP contribution in [0.1, 0.15) is 38.1 Å². The predicted molar refractivity (Wildman–Crippen MR) is 156 cm³/mol. The van der Waals surface area contributed by atoms with Crippen molar-refractivity contribution >= 4 is 45.0 Å².